The summed E-state index contributed by atoms with van der Waals surface area (Å²) in [4.78, 5) is 46.5. The van der Waals surface area contributed by atoms with E-state index >= 15 is 0 Å². The van der Waals surface area contributed by atoms with Gasteiger partial charge < -0.3 is 14.6 Å². The molecule has 0 saturated carbocycles. The first-order valence-electron chi connectivity index (χ1n) is 11.6. The minimum absolute atomic E-state index is 0.0123. The molecule has 5 rings (SSSR count). The van der Waals surface area contributed by atoms with Gasteiger partial charge in [-0.25, -0.2) is 9.78 Å². The van der Waals surface area contributed by atoms with E-state index in [1.807, 2.05) is 42.2 Å². The molecule has 0 aliphatic carbocycles. The molecule has 9 heteroatoms. The number of hydrogen-bond donors (Lipinski definition) is 2. The first-order chi connectivity index (χ1) is 16.8. The minimum Gasteiger partial charge on any atom is -0.466 e. The molecule has 35 heavy (non-hydrogen) atoms. The van der Waals surface area contributed by atoms with Gasteiger partial charge in [0.15, 0.2) is 5.65 Å². The van der Waals surface area contributed by atoms with E-state index in [0.29, 0.717) is 59.7 Å². The molecule has 180 valence electrons. The van der Waals surface area contributed by atoms with Gasteiger partial charge in [-0.05, 0) is 56.5 Å². The summed E-state index contributed by atoms with van der Waals surface area (Å²) in [5.74, 6) is 1.15. The van der Waals surface area contributed by atoms with Crippen molar-refractivity contribution < 1.29 is 14.0 Å². The molecule has 1 aliphatic heterocycles. The van der Waals surface area contributed by atoms with Gasteiger partial charge >= 0.3 is 5.69 Å². The van der Waals surface area contributed by atoms with Crippen LogP contribution in [0, 0.1) is 13.8 Å². The highest BCUT2D eigenvalue weighted by atomic mass is 16.3. The Morgan fingerprint density at radius 3 is 2.60 bits per heavy atom. The average Bonchev–Trinajstić information content (AvgIpc) is 3.35. The third-order valence-corrected chi connectivity index (χ3v) is 6.60. The monoisotopic (exact) mass is 473 g/mol. The molecule has 0 atom stereocenters. The number of piperidine rings is 1. The van der Waals surface area contributed by atoms with E-state index < -0.39 is 0 Å². The molecule has 2 amide bonds. The van der Waals surface area contributed by atoms with Crippen LogP contribution >= 0.6 is 0 Å². The van der Waals surface area contributed by atoms with Gasteiger partial charge in [-0.1, -0.05) is 12.1 Å². The number of likely N-dealkylation sites (tertiary alicyclic amines) is 1. The number of aryl methyl sites for hydroxylation is 3. The average molecular weight is 474 g/mol. The molecular formula is C26H27N5O4. The van der Waals surface area contributed by atoms with E-state index in [1.165, 1.54) is 4.57 Å². The zero-order valence-electron chi connectivity index (χ0n) is 19.9. The zero-order valence-corrected chi connectivity index (χ0v) is 19.9. The van der Waals surface area contributed by atoms with E-state index in [1.54, 1.807) is 26.2 Å². The highest BCUT2D eigenvalue weighted by molar-refractivity contribution is 5.96. The number of nitrogens with one attached hydrogen (secondary N) is 2. The Balaban J connectivity index is 1.26. The van der Waals surface area contributed by atoms with Crippen molar-refractivity contribution in [2.75, 3.05) is 13.1 Å². The number of hydrogen-bond acceptors (Lipinski definition) is 5. The zero-order chi connectivity index (χ0) is 24.7. The standard InChI is InChI=1S/C26H27N5O4/c1-15-11-21(16(2)35-15)24(32)28-20-7-9-31(10-8-20)25(33)18-6-4-5-17(12-18)19-13-22-23(27-14-19)29-26(34)30(22)3/h4-6,11-14,20H,7-10H2,1-3H3,(H,28,32)(H,27,29,34). The summed E-state index contributed by atoms with van der Waals surface area (Å²) in [7, 11) is 1.69. The molecule has 9 nitrogen and oxygen atoms in total. The minimum atomic E-state index is -0.219. The van der Waals surface area contributed by atoms with Gasteiger partial charge in [0.25, 0.3) is 11.8 Å². The number of pyridine rings is 1. The Labute approximate surface area is 201 Å². The third-order valence-electron chi connectivity index (χ3n) is 6.60. The first kappa shape index (κ1) is 22.6. The van der Waals surface area contributed by atoms with Crippen molar-refractivity contribution in [3.63, 3.8) is 0 Å². The second-order valence-electron chi connectivity index (χ2n) is 9.03. The summed E-state index contributed by atoms with van der Waals surface area (Å²) in [6, 6.07) is 11.1. The molecule has 0 bridgehead atoms. The topological polar surface area (TPSA) is 113 Å². The summed E-state index contributed by atoms with van der Waals surface area (Å²) in [6.45, 7) is 4.73. The lowest BCUT2D eigenvalue weighted by molar-refractivity contribution is 0.0698. The number of nitrogens with zero attached hydrogens (tertiary/aromatic N) is 3. The number of benzene rings is 1. The second kappa shape index (κ2) is 8.90. The number of furan rings is 1. The maximum atomic E-state index is 13.2. The van der Waals surface area contributed by atoms with Crippen LogP contribution in [0.2, 0.25) is 0 Å². The van der Waals surface area contributed by atoms with Crippen molar-refractivity contribution in [2.45, 2.75) is 32.7 Å². The molecule has 4 aromatic rings. The Bertz CT molecular complexity index is 1490. The Morgan fingerprint density at radius 1 is 1.11 bits per heavy atom. The van der Waals surface area contributed by atoms with Gasteiger partial charge in [-0.2, -0.15) is 0 Å². The van der Waals surface area contributed by atoms with Crippen LogP contribution in [0.3, 0.4) is 0 Å². The van der Waals surface area contributed by atoms with Crippen LogP contribution in [0.1, 0.15) is 45.1 Å². The highest BCUT2D eigenvalue weighted by Crippen LogP contribution is 2.24. The van der Waals surface area contributed by atoms with Crippen molar-refractivity contribution in [3.05, 3.63) is 75.7 Å². The van der Waals surface area contributed by atoms with Gasteiger partial charge in [0.05, 0.1) is 11.1 Å². The fourth-order valence-electron chi connectivity index (χ4n) is 4.62. The highest BCUT2D eigenvalue weighted by Gasteiger charge is 2.26. The predicted octanol–water partition coefficient (Wildman–Crippen LogP) is 3.17. The number of H-pyrrole nitrogens is 1. The van der Waals surface area contributed by atoms with Crippen LogP contribution in [0.15, 0.2) is 51.8 Å². The van der Waals surface area contributed by atoms with E-state index in [-0.39, 0.29) is 23.5 Å². The van der Waals surface area contributed by atoms with E-state index in [0.717, 1.165) is 11.1 Å². The summed E-state index contributed by atoms with van der Waals surface area (Å²) in [5.41, 5.74) is 3.85. The number of amides is 2. The smallest absolute Gasteiger partial charge is 0.327 e. The van der Waals surface area contributed by atoms with E-state index in [4.69, 9.17) is 4.42 Å². The number of imidazole rings is 1. The summed E-state index contributed by atoms with van der Waals surface area (Å²) < 4.78 is 6.97. The molecule has 1 saturated heterocycles. The summed E-state index contributed by atoms with van der Waals surface area (Å²) in [6.07, 6.45) is 3.07. The number of aromatic amines is 1. The summed E-state index contributed by atoms with van der Waals surface area (Å²) in [5, 5.41) is 3.07. The number of aromatic nitrogens is 3. The van der Waals surface area contributed by atoms with Gasteiger partial charge in [0.2, 0.25) is 0 Å². The normalized spacial score (nSPS) is 14.4. The first-order valence-corrected chi connectivity index (χ1v) is 11.6. The number of rotatable bonds is 4. The molecule has 1 fully saturated rings. The molecule has 0 spiro atoms. The van der Waals surface area contributed by atoms with Crippen molar-refractivity contribution in [1.82, 2.24) is 24.8 Å². The van der Waals surface area contributed by atoms with Crippen LogP contribution in [0.4, 0.5) is 0 Å². The lowest BCUT2D eigenvalue weighted by Gasteiger charge is -2.32. The summed E-state index contributed by atoms with van der Waals surface area (Å²) >= 11 is 0. The largest absolute Gasteiger partial charge is 0.466 e. The fourth-order valence-corrected chi connectivity index (χ4v) is 4.62. The Hall–Kier alpha value is -4.14. The molecule has 0 unspecified atom stereocenters. The van der Waals surface area contributed by atoms with Crippen LogP contribution in [0.5, 0.6) is 0 Å². The second-order valence-corrected chi connectivity index (χ2v) is 9.03. The molecule has 0 radical (unpaired) electrons. The van der Waals surface area contributed by atoms with Crippen molar-refractivity contribution in [1.29, 1.82) is 0 Å². The van der Waals surface area contributed by atoms with Gasteiger partial charge in [-0.3, -0.25) is 19.1 Å². The SMILES string of the molecule is Cc1cc(C(=O)NC2CCN(C(=O)c3cccc(-c4cnc5[nH]c(=O)n(C)c5c4)c3)CC2)c(C)o1. The van der Waals surface area contributed by atoms with E-state index in [2.05, 4.69) is 15.3 Å². The maximum Gasteiger partial charge on any atom is 0.327 e. The van der Waals surface area contributed by atoms with Crippen LogP contribution in [-0.4, -0.2) is 50.4 Å². The molecule has 1 aromatic carbocycles. The van der Waals surface area contributed by atoms with Crippen LogP contribution in [-0.2, 0) is 7.05 Å². The van der Waals surface area contributed by atoms with E-state index in [9.17, 15) is 14.4 Å². The molecule has 1 aliphatic rings. The quantitative estimate of drug-likeness (QED) is 0.473. The van der Waals surface area contributed by atoms with Gasteiger partial charge in [0.1, 0.15) is 11.5 Å². The Morgan fingerprint density at radius 2 is 1.89 bits per heavy atom. The van der Waals surface area contributed by atoms with Crippen molar-refractivity contribution >= 4 is 23.0 Å². The lowest BCUT2D eigenvalue weighted by Crippen LogP contribution is -2.46. The lowest BCUT2D eigenvalue weighted by atomic mass is 10.0. The number of carbonyl (C=O) groups excluding carboxylic acids is 2. The predicted molar refractivity (Wildman–Crippen MR) is 131 cm³/mol. The maximum absolute atomic E-state index is 13.2. The molecule has 2 N–H and O–H groups in total. The van der Waals surface area contributed by atoms with Crippen molar-refractivity contribution in [3.8, 4) is 11.1 Å². The molecule has 3 aromatic heterocycles. The van der Waals surface area contributed by atoms with Gasteiger partial charge in [0, 0.05) is 43.5 Å². The van der Waals surface area contributed by atoms with Crippen LogP contribution < -0.4 is 11.0 Å². The molecular weight excluding hydrogens is 446 g/mol. The third kappa shape index (κ3) is 4.37. The van der Waals surface area contributed by atoms with Crippen LogP contribution in [0.25, 0.3) is 22.3 Å². The Kier molecular flexibility index (Phi) is 5.76. The van der Waals surface area contributed by atoms with Gasteiger partial charge in [-0.15, -0.1) is 0 Å². The fraction of sp³-hybridized carbons (Fsp3) is 0.308. The van der Waals surface area contributed by atoms with Crippen molar-refractivity contribution in [2.24, 2.45) is 7.05 Å². The number of fused-ring (bicyclic) bond motifs is 1. The number of carbonyl (C=O) groups is 2. The molecule has 4 heterocycles.